The first-order chi connectivity index (χ1) is 11.2. The molecule has 0 bridgehead atoms. The zero-order valence-electron chi connectivity index (χ0n) is 14.6. The van der Waals surface area contributed by atoms with Gasteiger partial charge in [-0.1, -0.05) is 12.1 Å². The predicted octanol–water partition coefficient (Wildman–Crippen LogP) is 4.66. The summed E-state index contributed by atoms with van der Waals surface area (Å²) in [6.07, 6.45) is 1.52. The minimum atomic E-state index is -0.490. The molecule has 2 heterocycles. The number of aromatic nitrogens is 2. The van der Waals surface area contributed by atoms with Crippen molar-refractivity contribution in [3.63, 3.8) is 0 Å². The average Bonchev–Trinajstić information content (AvgIpc) is 2.98. The molecule has 3 rings (SSSR count). The molecule has 24 heavy (non-hydrogen) atoms. The number of fused-ring (bicyclic) bond motifs is 1. The molecule has 0 radical (unpaired) electrons. The number of hydrogen-bond donors (Lipinski definition) is 0. The summed E-state index contributed by atoms with van der Waals surface area (Å²) in [5.74, 6) is 0.896. The van der Waals surface area contributed by atoms with Crippen LogP contribution in [0, 0.1) is 0 Å². The van der Waals surface area contributed by atoms with Crippen LogP contribution < -0.4 is 0 Å². The molecule has 1 aromatic carbocycles. The Morgan fingerprint density at radius 3 is 2.67 bits per heavy atom. The normalized spacial score (nSPS) is 17.1. The Kier molecular flexibility index (Phi) is 4.20. The number of imidazole rings is 1. The van der Waals surface area contributed by atoms with Crippen molar-refractivity contribution in [2.75, 3.05) is 0 Å². The van der Waals surface area contributed by atoms with Crippen LogP contribution in [-0.4, -0.2) is 26.1 Å². The molecule has 1 atom stereocenters. The Labute approximate surface area is 150 Å². The Morgan fingerprint density at radius 2 is 2.08 bits per heavy atom. The lowest BCUT2D eigenvalue weighted by Crippen LogP contribution is -2.34. The van der Waals surface area contributed by atoms with Crippen molar-refractivity contribution < 1.29 is 9.53 Å². The molecule has 1 amide bonds. The van der Waals surface area contributed by atoms with Crippen LogP contribution in [0.5, 0.6) is 0 Å². The van der Waals surface area contributed by atoms with Crippen molar-refractivity contribution >= 4 is 22.0 Å². The van der Waals surface area contributed by atoms with Gasteiger partial charge in [0.25, 0.3) is 0 Å². The van der Waals surface area contributed by atoms with E-state index in [0.717, 1.165) is 27.1 Å². The zero-order valence-corrected chi connectivity index (χ0v) is 16.2. The largest absolute Gasteiger partial charge is 0.444 e. The van der Waals surface area contributed by atoms with Crippen molar-refractivity contribution in [2.24, 2.45) is 7.05 Å². The van der Waals surface area contributed by atoms with Gasteiger partial charge >= 0.3 is 6.09 Å². The summed E-state index contributed by atoms with van der Waals surface area (Å²) in [5.41, 5.74) is 2.86. The van der Waals surface area contributed by atoms with Crippen LogP contribution in [0.2, 0.25) is 0 Å². The van der Waals surface area contributed by atoms with Gasteiger partial charge in [0.05, 0.1) is 12.2 Å². The monoisotopic (exact) mass is 391 g/mol. The maximum atomic E-state index is 12.4. The first kappa shape index (κ1) is 17.0. The highest BCUT2D eigenvalue weighted by Gasteiger charge is 2.33. The number of halogens is 1. The minimum Gasteiger partial charge on any atom is -0.444 e. The van der Waals surface area contributed by atoms with Crippen LogP contribution in [0.25, 0.3) is 11.4 Å². The quantitative estimate of drug-likeness (QED) is 0.709. The molecule has 0 saturated heterocycles. The van der Waals surface area contributed by atoms with E-state index in [1.165, 1.54) is 0 Å². The molecule has 1 unspecified atom stereocenters. The standard InChI is InChI=1S/C18H22BrN3O2/c1-11-14-7-6-12(16-20-9-15(19)21(16)5)8-13(14)10-22(11)17(23)24-18(2,3)4/h6-9,11H,10H2,1-5H3. The molecule has 0 saturated carbocycles. The van der Waals surface area contributed by atoms with Crippen molar-refractivity contribution in [3.8, 4) is 11.4 Å². The van der Waals surface area contributed by atoms with E-state index in [9.17, 15) is 4.79 Å². The highest BCUT2D eigenvalue weighted by atomic mass is 79.9. The van der Waals surface area contributed by atoms with Crippen LogP contribution in [0.1, 0.15) is 44.9 Å². The SMILES string of the molecule is CC1c2ccc(-c3ncc(Br)n3C)cc2CN1C(=O)OC(C)(C)C. The van der Waals surface area contributed by atoms with Crippen LogP contribution >= 0.6 is 15.9 Å². The van der Waals surface area contributed by atoms with E-state index in [2.05, 4.69) is 39.1 Å². The third-order valence-electron chi connectivity index (χ3n) is 4.22. The van der Waals surface area contributed by atoms with Crippen molar-refractivity contribution in [1.29, 1.82) is 0 Å². The van der Waals surface area contributed by atoms with E-state index in [-0.39, 0.29) is 12.1 Å². The fraction of sp³-hybridized carbons (Fsp3) is 0.444. The topological polar surface area (TPSA) is 47.4 Å². The second-order valence-electron chi connectivity index (χ2n) is 7.16. The molecule has 1 aliphatic heterocycles. The summed E-state index contributed by atoms with van der Waals surface area (Å²) in [6, 6.07) is 6.27. The molecule has 0 aliphatic carbocycles. The molecular weight excluding hydrogens is 370 g/mol. The third kappa shape index (κ3) is 3.07. The highest BCUT2D eigenvalue weighted by molar-refractivity contribution is 9.10. The molecule has 0 fully saturated rings. The van der Waals surface area contributed by atoms with Gasteiger partial charge < -0.3 is 9.30 Å². The Morgan fingerprint density at radius 1 is 1.38 bits per heavy atom. The van der Waals surface area contributed by atoms with Gasteiger partial charge in [0.15, 0.2) is 0 Å². The van der Waals surface area contributed by atoms with Gasteiger partial charge in [0, 0.05) is 19.2 Å². The van der Waals surface area contributed by atoms with Gasteiger partial charge in [-0.3, -0.25) is 4.90 Å². The summed E-state index contributed by atoms with van der Waals surface area (Å²) in [4.78, 5) is 18.6. The molecule has 1 aliphatic rings. The lowest BCUT2D eigenvalue weighted by atomic mass is 10.0. The molecule has 6 heteroatoms. The summed E-state index contributed by atoms with van der Waals surface area (Å²) >= 11 is 3.47. The summed E-state index contributed by atoms with van der Waals surface area (Å²) in [6.45, 7) is 8.25. The highest BCUT2D eigenvalue weighted by Crippen LogP contribution is 2.36. The van der Waals surface area contributed by atoms with Crippen molar-refractivity contribution in [3.05, 3.63) is 40.1 Å². The van der Waals surface area contributed by atoms with Gasteiger partial charge in [0.1, 0.15) is 16.0 Å². The maximum absolute atomic E-state index is 12.4. The fourth-order valence-corrected chi connectivity index (χ4v) is 3.25. The van der Waals surface area contributed by atoms with Crippen LogP contribution in [0.4, 0.5) is 4.79 Å². The average molecular weight is 392 g/mol. The fourth-order valence-electron chi connectivity index (χ4n) is 2.98. The predicted molar refractivity (Wildman–Crippen MR) is 96.5 cm³/mol. The van der Waals surface area contributed by atoms with E-state index >= 15 is 0 Å². The zero-order chi connectivity index (χ0) is 17.6. The second kappa shape index (κ2) is 5.92. The molecule has 2 aromatic rings. The Hall–Kier alpha value is -1.82. The number of benzene rings is 1. The Balaban J connectivity index is 1.88. The van der Waals surface area contributed by atoms with E-state index < -0.39 is 5.60 Å². The van der Waals surface area contributed by atoms with Gasteiger partial charge in [-0.05, 0) is 60.8 Å². The lowest BCUT2D eigenvalue weighted by molar-refractivity contribution is 0.0187. The van der Waals surface area contributed by atoms with Gasteiger partial charge in [-0.2, -0.15) is 0 Å². The summed E-state index contributed by atoms with van der Waals surface area (Å²) < 4.78 is 8.45. The third-order valence-corrected chi connectivity index (χ3v) is 4.96. The van der Waals surface area contributed by atoms with Crippen molar-refractivity contribution in [2.45, 2.75) is 45.9 Å². The smallest absolute Gasteiger partial charge is 0.411 e. The summed E-state index contributed by atoms with van der Waals surface area (Å²) in [5, 5.41) is 0. The number of nitrogens with zero attached hydrogens (tertiary/aromatic N) is 3. The number of hydrogen-bond acceptors (Lipinski definition) is 3. The maximum Gasteiger partial charge on any atom is 0.411 e. The Bertz CT molecular complexity index is 792. The van der Waals surface area contributed by atoms with Gasteiger partial charge in [0.2, 0.25) is 0 Å². The van der Waals surface area contributed by atoms with Gasteiger partial charge in [-0.25, -0.2) is 9.78 Å². The van der Waals surface area contributed by atoms with E-state index in [1.807, 2.05) is 39.3 Å². The first-order valence-corrected chi connectivity index (χ1v) is 8.76. The number of rotatable bonds is 1. The number of carbonyl (C=O) groups is 1. The van der Waals surface area contributed by atoms with Crippen LogP contribution in [0.15, 0.2) is 29.0 Å². The van der Waals surface area contributed by atoms with Crippen LogP contribution in [0.3, 0.4) is 0 Å². The molecule has 1 aromatic heterocycles. The molecule has 128 valence electrons. The second-order valence-corrected chi connectivity index (χ2v) is 7.97. The lowest BCUT2D eigenvalue weighted by Gasteiger charge is -2.27. The molecular formula is C18H22BrN3O2. The molecule has 0 N–H and O–H groups in total. The summed E-state index contributed by atoms with van der Waals surface area (Å²) in [7, 11) is 1.97. The van der Waals surface area contributed by atoms with Crippen molar-refractivity contribution in [1.82, 2.24) is 14.5 Å². The number of amides is 1. The van der Waals surface area contributed by atoms with E-state index in [1.54, 1.807) is 11.1 Å². The van der Waals surface area contributed by atoms with E-state index in [4.69, 9.17) is 4.74 Å². The first-order valence-electron chi connectivity index (χ1n) is 7.97. The molecule has 5 nitrogen and oxygen atoms in total. The number of carbonyl (C=O) groups excluding carboxylic acids is 1. The minimum absolute atomic E-state index is 0.0111. The van der Waals surface area contributed by atoms with Crippen LogP contribution in [-0.2, 0) is 18.3 Å². The molecule has 0 spiro atoms. The number of ether oxygens (including phenoxy) is 1. The van der Waals surface area contributed by atoms with Gasteiger partial charge in [-0.15, -0.1) is 0 Å². The van der Waals surface area contributed by atoms with E-state index in [0.29, 0.717) is 6.54 Å².